The molecule has 0 atom stereocenters. The molecule has 6 nitrogen and oxygen atoms in total. The van der Waals surface area contributed by atoms with Gasteiger partial charge in [0.1, 0.15) is 17.7 Å². The number of hydrogen-bond acceptors (Lipinski definition) is 5. The first-order valence-electron chi connectivity index (χ1n) is 10.7. The Morgan fingerprint density at radius 1 is 1.42 bits per heavy atom. The van der Waals surface area contributed by atoms with E-state index in [1.54, 1.807) is 40.0 Å². The number of rotatable bonds is 6. The maximum atomic E-state index is 14.7. The first-order valence-corrected chi connectivity index (χ1v) is 10.7. The van der Waals surface area contributed by atoms with Crippen LogP contribution in [0.25, 0.3) is 11.3 Å². The van der Waals surface area contributed by atoms with Gasteiger partial charge in [0, 0.05) is 18.8 Å². The van der Waals surface area contributed by atoms with Crippen molar-refractivity contribution in [1.82, 2.24) is 4.57 Å². The molecule has 0 amide bonds. The lowest BCUT2D eigenvalue weighted by atomic mass is 9.95. The summed E-state index contributed by atoms with van der Waals surface area (Å²) in [6, 6.07) is 3.51. The molecular weight excluding hydrogens is 426 g/mol. The van der Waals surface area contributed by atoms with Gasteiger partial charge in [-0.2, -0.15) is 5.26 Å². The largest absolute Gasteiger partial charge is 0.371 e. The van der Waals surface area contributed by atoms with Gasteiger partial charge < -0.3 is 4.74 Å². The van der Waals surface area contributed by atoms with Gasteiger partial charge in [-0.15, -0.1) is 0 Å². The van der Waals surface area contributed by atoms with Crippen LogP contribution < -0.4 is 5.56 Å². The molecule has 174 valence electrons. The summed E-state index contributed by atoms with van der Waals surface area (Å²) in [5.41, 5.74) is 1.48. The van der Waals surface area contributed by atoms with Crippen LogP contribution in [0.5, 0.6) is 0 Å². The Bertz CT molecular complexity index is 1160. The summed E-state index contributed by atoms with van der Waals surface area (Å²) in [7, 11) is 1.59. The number of aliphatic imine (C=N–C) groups is 2. The molecule has 1 aromatic rings. The summed E-state index contributed by atoms with van der Waals surface area (Å²) in [5, 5.41) is 9.68. The Labute approximate surface area is 192 Å². The number of fused-ring (bicyclic) bond motifs is 1. The zero-order valence-corrected chi connectivity index (χ0v) is 19.4. The average molecular weight is 455 g/mol. The minimum atomic E-state index is -0.669. The van der Waals surface area contributed by atoms with E-state index in [0.29, 0.717) is 28.9 Å². The fourth-order valence-electron chi connectivity index (χ4n) is 3.51. The highest BCUT2D eigenvalue weighted by Gasteiger charge is 2.22. The van der Waals surface area contributed by atoms with E-state index in [1.165, 1.54) is 22.9 Å². The second-order valence-corrected chi connectivity index (χ2v) is 7.12. The van der Waals surface area contributed by atoms with Crippen molar-refractivity contribution in [2.75, 3.05) is 13.7 Å². The molecule has 0 saturated carbocycles. The quantitative estimate of drug-likeness (QED) is 0.332. The third kappa shape index (κ3) is 6.08. The predicted octanol–water partition coefficient (Wildman–Crippen LogP) is 5.31. The molecule has 0 N–H and O–H groups in total. The lowest BCUT2D eigenvalue weighted by Crippen LogP contribution is -2.29. The number of nitriles is 1. The zero-order valence-electron chi connectivity index (χ0n) is 19.4. The third-order valence-corrected chi connectivity index (χ3v) is 5.03. The highest BCUT2D eigenvalue weighted by molar-refractivity contribution is 6.02. The maximum Gasteiger partial charge on any atom is 0.263 e. The number of hydrogen-bond donors (Lipinski definition) is 0. The van der Waals surface area contributed by atoms with Crippen LogP contribution in [0, 0.1) is 11.3 Å². The van der Waals surface area contributed by atoms with Crippen LogP contribution in [0.4, 0.5) is 8.78 Å². The minimum absolute atomic E-state index is 0.00594. The van der Waals surface area contributed by atoms with Crippen molar-refractivity contribution in [2.24, 2.45) is 9.98 Å². The van der Waals surface area contributed by atoms with E-state index < -0.39 is 17.2 Å². The Kier molecular flexibility index (Phi) is 9.83. The summed E-state index contributed by atoms with van der Waals surface area (Å²) >= 11 is 0. The third-order valence-electron chi connectivity index (χ3n) is 5.03. The highest BCUT2D eigenvalue weighted by Crippen LogP contribution is 2.28. The van der Waals surface area contributed by atoms with E-state index in [4.69, 9.17) is 4.74 Å². The van der Waals surface area contributed by atoms with Gasteiger partial charge in [0.2, 0.25) is 0 Å². The van der Waals surface area contributed by atoms with Crippen molar-refractivity contribution in [3.8, 4) is 6.07 Å². The van der Waals surface area contributed by atoms with Crippen LogP contribution in [0.3, 0.4) is 0 Å². The number of halogens is 2. The Hall–Kier alpha value is -3.44. The van der Waals surface area contributed by atoms with E-state index in [0.717, 1.165) is 6.21 Å². The minimum Gasteiger partial charge on any atom is -0.371 e. The van der Waals surface area contributed by atoms with E-state index >= 15 is 0 Å². The topological polar surface area (TPSA) is 79.7 Å². The Balaban J connectivity index is 2.97. The molecule has 8 heteroatoms. The van der Waals surface area contributed by atoms with Crippen LogP contribution in [0.2, 0.25) is 0 Å². The van der Waals surface area contributed by atoms with Gasteiger partial charge in [0.25, 0.3) is 5.56 Å². The Morgan fingerprint density at radius 2 is 2.18 bits per heavy atom. The van der Waals surface area contributed by atoms with Gasteiger partial charge in [-0.05, 0) is 49.1 Å². The number of pyridine rings is 1. The molecule has 0 saturated heterocycles. The van der Waals surface area contributed by atoms with Crippen LogP contribution in [-0.2, 0) is 17.9 Å². The summed E-state index contributed by atoms with van der Waals surface area (Å²) in [6.07, 6.45) is 7.58. The molecule has 0 unspecified atom stereocenters. The second-order valence-electron chi connectivity index (χ2n) is 7.12. The number of nitrogens with zero attached hydrogens (tertiary/aromatic N) is 4. The SMILES string of the molecule is C/C=C(\C=N/C)n1c2c(cc(/C(CC)=C(C#N)/C(F)=C\CC)c1=O)C/N=C\C(F)=C/COC2. The van der Waals surface area contributed by atoms with Crippen molar-refractivity contribution in [2.45, 2.75) is 46.8 Å². The van der Waals surface area contributed by atoms with Crippen LogP contribution in [0.15, 0.2) is 56.3 Å². The summed E-state index contributed by atoms with van der Waals surface area (Å²) in [4.78, 5) is 21.9. The molecule has 0 bridgehead atoms. The molecule has 2 heterocycles. The molecule has 2 rings (SSSR count). The fourth-order valence-corrected chi connectivity index (χ4v) is 3.51. The van der Waals surface area contributed by atoms with Crippen LogP contribution in [-0.4, -0.2) is 30.7 Å². The Morgan fingerprint density at radius 3 is 2.79 bits per heavy atom. The summed E-state index contributed by atoms with van der Waals surface area (Å²) in [6.45, 7) is 5.39. The zero-order chi connectivity index (χ0) is 24.4. The molecular formula is C25H28F2N4O2. The van der Waals surface area contributed by atoms with Crippen molar-refractivity contribution >= 4 is 23.7 Å². The van der Waals surface area contributed by atoms with Gasteiger partial charge in [0.15, 0.2) is 0 Å². The van der Waals surface area contributed by atoms with Gasteiger partial charge in [-0.25, -0.2) is 8.78 Å². The van der Waals surface area contributed by atoms with Crippen molar-refractivity contribution in [1.29, 1.82) is 5.26 Å². The molecule has 33 heavy (non-hydrogen) atoms. The normalized spacial score (nSPS) is 18.8. The van der Waals surface area contributed by atoms with Crippen molar-refractivity contribution in [3.05, 3.63) is 68.7 Å². The van der Waals surface area contributed by atoms with Gasteiger partial charge in [0.05, 0.1) is 42.9 Å². The molecule has 0 aromatic carbocycles. The van der Waals surface area contributed by atoms with Crippen LogP contribution in [0.1, 0.15) is 50.4 Å². The summed E-state index contributed by atoms with van der Waals surface area (Å²) in [5.74, 6) is -1.19. The first kappa shape index (κ1) is 25.8. The van der Waals surface area contributed by atoms with Gasteiger partial charge in [-0.3, -0.25) is 19.3 Å². The molecule has 0 fully saturated rings. The first-order chi connectivity index (χ1) is 15.9. The lowest BCUT2D eigenvalue weighted by Gasteiger charge is -2.20. The monoisotopic (exact) mass is 454 g/mol. The molecule has 0 spiro atoms. The standard InChI is InChI=1S/C25H28F2N4O2/c1-5-8-23(27)22(12-28)20(7-3)21-11-17-13-30-14-18(26)9-10-33-16-24(17)31(25(21)32)19(6-2)15-29-4/h6,8-9,11,14-15H,5,7,10,13,16H2,1-4H3/b18-9+,19-6+,22-20+,23-8+,29-15-,30-14-. The second kappa shape index (κ2) is 12.6. The number of allylic oxidation sites excluding steroid dienone is 7. The van der Waals surface area contributed by atoms with Crippen molar-refractivity contribution in [3.63, 3.8) is 0 Å². The van der Waals surface area contributed by atoms with E-state index in [-0.39, 0.29) is 37.3 Å². The summed E-state index contributed by atoms with van der Waals surface area (Å²) < 4.78 is 35.5. The van der Waals surface area contributed by atoms with Crippen LogP contribution >= 0.6 is 0 Å². The van der Waals surface area contributed by atoms with Gasteiger partial charge >= 0.3 is 0 Å². The average Bonchev–Trinajstić information content (AvgIpc) is 2.80. The smallest absolute Gasteiger partial charge is 0.263 e. The van der Waals surface area contributed by atoms with Gasteiger partial charge in [-0.1, -0.05) is 19.9 Å². The predicted molar refractivity (Wildman–Crippen MR) is 128 cm³/mol. The molecule has 1 aliphatic heterocycles. The fraction of sp³-hybridized carbons (Fsp3) is 0.360. The highest BCUT2D eigenvalue weighted by atomic mass is 19.1. The maximum absolute atomic E-state index is 14.7. The number of ether oxygens (including phenoxy) is 1. The molecule has 0 aliphatic carbocycles. The lowest BCUT2D eigenvalue weighted by molar-refractivity contribution is 0.142. The number of aromatic nitrogens is 1. The van der Waals surface area contributed by atoms with Crippen molar-refractivity contribution < 1.29 is 13.5 Å². The van der Waals surface area contributed by atoms with E-state index in [1.807, 2.05) is 6.07 Å². The van der Waals surface area contributed by atoms with E-state index in [9.17, 15) is 18.8 Å². The van der Waals surface area contributed by atoms with E-state index in [2.05, 4.69) is 9.98 Å². The molecule has 0 radical (unpaired) electrons. The molecule has 1 aromatic heterocycles. The molecule has 1 aliphatic rings.